The molecule has 2 rings (SSSR count). The van der Waals surface area contributed by atoms with Crippen molar-refractivity contribution in [3.8, 4) is 12.0 Å². The third-order valence-electron chi connectivity index (χ3n) is 1.71. The van der Waals surface area contributed by atoms with Gasteiger partial charge >= 0.3 is 0 Å². The fourth-order valence-electron chi connectivity index (χ4n) is 1.18. The van der Waals surface area contributed by atoms with Crippen LogP contribution in [0.1, 0.15) is 6.92 Å². The molecule has 13 heavy (non-hydrogen) atoms. The molecule has 1 aromatic heterocycles. The molecule has 0 bridgehead atoms. The van der Waals surface area contributed by atoms with Crippen molar-refractivity contribution in [3.63, 3.8) is 0 Å². The summed E-state index contributed by atoms with van der Waals surface area (Å²) in [5.41, 5.74) is 1.69. The zero-order chi connectivity index (χ0) is 9.26. The van der Waals surface area contributed by atoms with E-state index in [9.17, 15) is 0 Å². The van der Waals surface area contributed by atoms with Crippen molar-refractivity contribution in [3.05, 3.63) is 29.1 Å². The average molecular weight is 189 g/mol. The maximum absolute atomic E-state index is 5.33. The molecule has 0 amide bonds. The number of nitrogens with zero attached hydrogens (tertiary/aromatic N) is 1. The van der Waals surface area contributed by atoms with Gasteiger partial charge in [0, 0.05) is 6.04 Å². The molecule has 2 nitrogen and oxygen atoms in total. The molecule has 0 aliphatic rings. The zero-order valence-corrected chi connectivity index (χ0v) is 7.89. The molecule has 0 saturated carbocycles. The minimum atomic E-state index is 0.399. The van der Waals surface area contributed by atoms with E-state index in [0.717, 1.165) is 11.1 Å². The molecule has 0 unspecified atom stereocenters. The lowest BCUT2D eigenvalue weighted by Crippen LogP contribution is -1.85. The number of hydrogen-bond acceptors (Lipinski definition) is 2. The number of rotatable bonds is 0. The Labute approximate surface area is 80.8 Å². The summed E-state index contributed by atoms with van der Waals surface area (Å²) in [6.07, 6.45) is 0. The van der Waals surface area contributed by atoms with Gasteiger partial charge in [-0.15, -0.1) is 0 Å². The molecule has 0 radical (unpaired) electrons. The Morgan fingerprint density at radius 2 is 2.15 bits per heavy atom. The number of aromatic nitrogens is 1. The molecule has 0 fully saturated rings. The highest BCUT2D eigenvalue weighted by Gasteiger charge is 2.02. The Morgan fingerprint density at radius 1 is 1.38 bits per heavy atom. The van der Waals surface area contributed by atoms with Gasteiger partial charge in [-0.1, -0.05) is 18.1 Å². The second kappa shape index (κ2) is 3.08. The summed E-state index contributed by atoms with van der Waals surface area (Å²) < 4.78 is 7.00. The van der Waals surface area contributed by atoms with Gasteiger partial charge in [-0.05, 0) is 31.3 Å². The number of oxazole rings is 1. The lowest BCUT2D eigenvalue weighted by Gasteiger charge is -1.88. The van der Waals surface area contributed by atoms with Gasteiger partial charge in [0.2, 0.25) is 0 Å². The summed E-state index contributed by atoms with van der Waals surface area (Å²) in [5.74, 6) is 2.79. The first kappa shape index (κ1) is 8.09. The van der Waals surface area contributed by atoms with Gasteiger partial charge in [0.15, 0.2) is 5.58 Å². The van der Waals surface area contributed by atoms with E-state index in [1.54, 1.807) is 11.5 Å². The van der Waals surface area contributed by atoms with Crippen LogP contribution in [0.25, 0.3) is 11.1 Å². The van der Waals surface area contributed by atoms with Crippen LogP contribution < -0.4 is 0 Å². The van der Waals surface area contributed by atoms with E-state index in [0.29, 0.717) is 4.84 Å². The Hall–Kier alpha value is -1.53. The van der Waals surface area contributed by atoms with Crippen LogP contribution in [0, 0.1) is 16.8 Å². The lowest BCUT2D eigenvalue weighted by atomic mass is 10.3. The summed E-state index contributed by atoms with van der Waals surface area (Å²) in [4.78, 5) is 0.399. The maximum Gasteiger partial charge on any atom is 0.281 e. The third kappa shape index (κ3) is 1.25. The zero-order valence-electron chi connectivity index (χ0n) is 7.07. The topological polar surface area (TPSA) is 18.1 Å². The van der Waals surface area contributed by atoms with E-state index >= 15 is 0 Å². The van der Waals surface area contributed by atoms with Crippen LogP contribution in [-0.4, -0.2) is 4.57 Å². The normalized spacial score (nSPS) is 9.62. The summed E-state index contributed by atoms with van der Waals surface area (Å²) in [7, 11) is 0. The molecule has 0 N–H and O–H groups in total. The molecule has 0 aliphatic carbocycles. The van der Waals surface area contributed by atoms with Crippen molar-refractivity contribution < 1.29 is 4.42 Å². The van der Waals surface area contributed by atoms with E-state index in [-0.39, 0.29) is 0 Å². The van der Waals surface area contributed by atoms with Gasteiger partial charge in [0.05, 0.1) is 0 Å². The van der Waals surface area contributed by atoms with Gasteiger partial charge in [0.25, 0.3) is 4.84 Å². The Morgan fingerprint density at radius 3 is 2.92 bits per heavy atom. The fraction of sp³-hybridized carbons (Fsp3) is 0.100. The van der Waals surface area contributed by atoms with Crippen LogP contribution in [0.5, 0.6) is 0 Å². The Balaban J connectivity index is 2.92. The van der Waals surface area contributed by atoms with Gasteiger partial charge < -0.3 is 4.42 Å². The largest absolute Gasteiger partial charge is 0.429 e. The highest BCUT2D eigenvalue weighted by Crippen LogP contribution is 2.15. The van der Waals surface area contributed by atoms with Gasteiger partial charge in [0.1, 0.15) is 5.52 Å². The summed E-state index contributed by atoms with van der Waals surface area (Å²) in [6, 6.07) is 10.5. The van der Waals surface area contributed by atoms with E-state index in [4.69, 9.17) is 16.6 Å². The molecular weight excluding hydrogens is 182 g/mol. The smallest absolute Gasteiger partial charge is 0.281 e. The van der Waals surface area contributed by atoms with Crippen LogP contribution in [-0.2, 0) is 0 Å². The van der Waals surface area contributed by atoms with Crippen LogP contribution in [0.15, 0.2) is 28.7 Å². The second-order valence-corrected chi connectivity index (χ2v) is 2.88. The van der Waals surface area contributed by atoms with Crippen molar-refractivity contribution in [1.29, 1.82) is 0 Å². The molecule has 1 heterocycles. The van der Waals surface area contributed by atoms with Crippen molar-refractivity contribution in [2.45, 2.75) is 6.92 Å². The standard InChI is InChI=1S/C10H7NOS/c1-2-7-11-8-5-3-4-6-9(8)12-10(11)13/h3-6H,1H3. The number of hydrogen-bond donors (Lipinski definition) is 0. The van der Waals surface area contributed by atoms with E-state index in [1.165, 1.54) is 0 Å². The van der Waals surface area contributed by atoms with E-state index in [1.807, 2.05) is 24.3 Å². The van der Waals surface area contributed by atoms with E-state index < -0.39 is 0 Å². The van der Waals surface area contributed by atoms with Crippen LogP contribution in [0.2, 0.25) is 0 Å². The van der Waals surface area contributed by atoms with Crippen LogP contribution in [0.3, 0.4) is 0 Å². The predicted molar refractivity (Wildman–Crippen MR) is 53.9 cm³/mol. The second-order valence-electron chi connectivity index (χ2n) is 2.53. The third-order valence-corrected chi connectivity index (χ3v) is 1.98. The highest BCUT2D eigenvalue weighted by atomic mass is 32.1. The van der Waals surface area contributed by atoms with Gasteiger partial charge in [-0.2, -0.15) is 0 Å². The molecular formula is C10H7NOS. The summed E-state index contributed by atoms with van der Waals surface area (Å²) in [6.45, 7) is 1.77. The number of para-hydroxylation sites is 2. The predicted octanol–water partition coefficient (Wildman–Crippen LogP) is 2.79. The van der Waals surface area contributed by atoms with E-state index in [2.05, 4.69) is 12.0 Å². The fourth-order valence-corrected chi connectivity index (χ4v) is 1.42. The first-order valence-corrected chi connectivity index (χ1v) is 4.27. The van der Waals surface area contributed by atoms with Crippen molar-refractivity contribution >= 4 is 23.3 Å². The summed E-state index contributed by atoms with van der Waals surface area (Å²) >= 11 is 5.01. The monoisotopic (exact) mass is 189 g/mol. The molecule has 3 heteroatoms. The first-order chi connectivity index (χ1) is 6.33. The lowest BCUT2D eigenvalue weighted by molar-refractivity contribution is 0.572. The van der Waals surface area contributed by atoms with Crippen LogP contribution >= 0.6 is 12.2 Å². The minimum absolute atomic E-state index is 0.399. The molecule has 1 aromatic carbocycles. The van der Waals surface area contributed by atoms with Gasteiger partial charge in [-0.3, -0.25) is 0 Å². The number of fused-ring (bicyclic) bond motifs is 1. The first-order valence-electron chi connectivity index (χ1n) is 3.86. The van der Waals surface area contributed by atoms with Crippen molar-refractivity contribution in [2.75, 3.05) is 0 Å². The quantitative estimate of drug-likeness (QED) is 0.468. The van der Waals surface area contributed by atoms with Crippen molar-refractivity contribution in [2.24, 2.45) is 0 Å². The van der Waals surface area contributed by atoms with Gasteiger partial charge in [-0.25, -0.2) is 4.57 Å². The molecule has 2 aromatic rings. The Kier molecular flexibility index (Phi) is 1.91. The highest BCUT2D eigenvalue weighted by molar-refractivity contribution is 7.71. The maximum atomic E-state index is 5.33. The Bertz CT molecular complexity index is 553. The number of benzene rings is 1. The minimum Gasteiger partial charge on any atom is -0.429 e. The van der Waals surface area contributed by atoms with Crippen LogP contribution in [0.4, 0.5) is 0 Å². The van der Waals surface area contributed by atoms with Crippen molar-refractivity contribution in [1.82, 2.24) is 4.57 Å². The average Bonchev–Trinajstić information content (AvgIpc) is 2.44. The molecule has 0 saturated heterocycles. The molecule has 0 atom stereocenters. The molecule has 0 spiro atoms. The summed E-state index contributed by atoms with van der Waals surface area (Å²) in [5, 5.41) is 0. The SMILES string of the molecule is CC#Cn1c(=S)oc2ccccc21. The molecule has 0 aliphatic heterocycles. The molecule has 64 valence electrons.